The van der Waals surface area contributed by atoms with Crippen LogP contribution in [0.25, 0.3) is 5.57 Å². The zero-order valence-corrected chi connectivity index (χ0v) is 12.3. The Labute approximate surface area is 112 Å². The monoisotopic (exact) mass is 246 g/mol. The number of benzene rings is 1. The molecular formula is C17H26O. The number of allylic oxidation sites excluding steroid dienone is 4. The maximum absolute atomic E-state index is 9.24. The maximum atomic E-state index is 9.24. The molecular weight excluding hydrogens is 220 g/mol. The lowest BCUT2D eigenvalue weighted by molar-refractivity contribution is 0.475. The van der Waals surface area contributed by atoms with Gasteiger partial charge in [0.1, 0.15) is 5.75 Å². The predicted octanol–water partition coefficient (Wildman–Crippen LogP) is 5.57. The molecule has 1 N–H and O–H groups in total. The largest absolute Gasteiger partial charge is 0.508 e. The summed E-state index contributed by atoms with van der Waals surface area (Å²) in [4.78, 5) is 0. The van der Waals surface area contributed by atoms with E-state index >= 15 is 0 Å². The molecule has 0 aliphatic carbocycles. The van der Waals surface area contributed by atoms with Crippen LogP contribution in [-0.2, 0) is 0 Å². The number of hydrogen-bond donors (Lipinski definition) is 1. The molecule has 0 amide bonds. The summed E-state index contributed by atoms with van der Waals surface area (Å²) in [6.07, 6.45) is 6.43. The van der Waals surface area contributed by atoms with Crippen LogP contribution >= 0.6 is 0 Å². The SMILES string of the molecule is CC.CC/C(C)=C/C=C(\CC)c1ccc(O)cc1. The molecule has 0 spiro atoms. The lowest BCUT2D eigenvalue weighted by atomic mass is 10.0. The maximum Gasteiger partial charge on any atom is 0.115 e. The van der Waals surface area contributed by atoms with Crippen molar-refractivity contribution in [2.75, 3.05) is 0 Å². The van der Waals surface area contributed by atoms with Gasteiger partial charge in [-0.2, -0.15) is 0 Å². The van der Waals surface area contributed by atoms with E-state index in [-0.39, 0.29) is 0 Å². The van der Waals surface area contributed by atoms with Crippen molar-refractivity contribution in [1.82, 2.24) is 0 Å². The Morgan fingerprint density at radius 2 is 1.56 bits per heavy atom. The smallest absolute Gasteiger partial charge is 0.115 e. The topological polar surface area (TPSA) is 20.2 Å². The summed E-state index contributed by atoms with van der Waals surface area (Å²) in [5.41, 5.74) is 3.86. The summed E-state index contributed by atoms with van der Waals surface area (Å²) >= 11 is 0. The van der Waals surface area contributed by atoms with E-state index in [1.165, 1.54) is 16.7 Å². The fraction of sp³-hybridized carbons (Fsp3) is 0.412. The van der Waals surface area contributed by atoms with E-state index in [4.69, 9.17) is 0 Å². The molecule has 1 nitrogen and oxygen atoms in total. The number of rotatable bonds is 4. The molecule has 0 fully saturated rings. The van der Waals surface area contributed by atoms with Crippen molar-refractivity contribution in [1.29, 1.82) is 0 Å². The van der Waals surface area contributed by atoms with Crippen molar-refractivity contribution in [3.05, 3.63) is 47.6 Å². The first-order valence-corrected chi connectivity index (χ1v) is 6.83. The second-order valence-electron chi connectivity index (χ2n) is 3.96. The van der Waals surface area contributed by atoms with E-state index in [9.17, 15) is 5.11 Å². The third-order valence-electron chi connectivity index (χ3n) is 2.75. The van der Waals surface area contributed by atoms with Crippen LogP contribution in [0.3, 0.4) is 0 Å². The Morgan fingerprint density at radius 1 is 1.00 bits per heavy atom. The van der Waals surface area contributed by atoms with Crippen molar-refractivity contribution >= 4 is 5.57 Å². The Balaban J connectivity index is 0.00000137. The van der Waals surface area contributed by atoms with Crippen LogP contribution in [0.1, 0.15) is 53.0 Å². The average molecular weight is 246 g/mol. The second-order valence-corrected chi connectivity index (χ2v) is 3.96. The highest BCUT2D eigenvalue weighted by Crippen LogP contribution is 2.21. The molecule has 0 atom stereocenters. The summed E-state index contributed by atoms with van der Waals surface area (Å²) in [6, 6.07) is 7.38. The van der Waals surface area contributed by atoms with Gasteiger partial charge in [0.15, 0.2) is 0 Å². The first-order chi connectivity index (χ1) is 8.67. The van der Waals surface area contributed by atoms with E-state index in [1.807, 2.05) is 26.0 Å². The van der Waals surface area contributed by atoms with Gasteiger partial charge in [0, 0.05) is 0 Å². The first-order valence-electron chi connectivity index (χ1n) is 6.83. The third-order valence-corrected chi connectivity index (χ3v) is 2.75. The Bertz CT molecular complexity index is 383. The number of aromatic hydroxyl groups is 1. The Hall–Kier alpha value is -1.50. The van der Waals surface area contributed by atoms with Crippen molar-refractivity contribution in [2.24, 2.45) is 0 Å². The standard InChI is InChI=1S/C15H20O.C2H6/c1-4-12(3)6-7-13(5-2)14-8-10-15(16)11-9-14;1-2/h6-11,16H,4-5H2,1-3H3;1-2H3/b12-6+,13-7+;. The molecule has 0 aliphatic heterocycles. The average Bonchev–Trinajstić information content (AvgIpc) is 2.43. The molecule has 0 radical (unpaired) electrons. The van der Waals surface area contributed by atoms with E-state index in [0.29, 0.717) is 5.75 Å². The van der Waals surface area contributed by atoms with Gasteiger partial charge in [0.25, 0.3) is 0 Å². The van der Waals surface area contributed by atoms with E-state index in [0.717, 1.165) is 12.8 Å². The Morgan fingerprint density at radius 3 is 2.00 bits per heavy atom. The molecule has 1 aromatic carbocycles. The van der Waals surface area contributed by atoms with Crippen molar-refractivity contribution in [3.63, 3.8) is 0 Å². The molecule has 0 unspecified atom stereocenters. The summed E-state index contributed by atoms with van der Waals surface area (Å²) in [5.74, 6) is 0.319. The second kappa shape index (κ2) is 9.52. The number of phenols is 1. The molecule has 0 heterocycles. The molecule has 0 saturated heterocycles. The van der Waals surface area contributed by atoms with Gasteiger partial charge >= 0.3 is 0 Å². The van der Waals surface area contributed by atoms with E-state index in [2.05, 4.69) is 32.9 Å². The van der Waals surface area contributed by atoms with Crippen LogP contribution in [0, 0.1) is 0 Å². The van der Waals surface area contributed by atoms with Crippen LogP contribution < -0.4 is 0 Å². The van der Waals surface area contributed by atoms with Crippen molar-refractivity contribution < 1.29 is 5.11 Å². The summed E-state index contributed by atoms with van der Waals surface area (Å²) < 4.78 is 0. The van der Waals surface area contributed by atoms with Gasteiger partial charge in [-0.05, 0) is 43.0 Å². The number of phenolic OH excluding ortho intramolecular Hbond substituents is 1. The van der Waals surface area contributed by atoms with Crippen molar-refractivity contribution in [3.8, 4) is 5.75 Å². The zero-order valence-electron chi connectivity index (χ0n) is 12.3. The highest BCUT2D eigenvalue weighted by molar-refractivity contribution is 5.67. The van der Waals surface area contributed by atoms with Crippen LogP contribution in [0.15, 0.2) is 42.0 Å². The van der Waals surface area contributed by atoms with Gasteiger partial charge in [-0.15, -0.1) is 0 Å². The molecule has 0 saturated carbocycles. The van der Waals surface area contributed by atoms with E-state index < -0.39 is 0 Å². The lowest BCUT2D eigenvalue weighted by Gasteiger charge is -2.04. The quantitative estimate of drug-likeness (QED) is 0.689. The molecule has 0 aliphatic rings. The summed E-state index contributed by atoms with van der Waals surface area (Å²) in [5, 5.41) is 9.24. The van der Waals surface area contributed by atoms with Gasteiger partial charge in [0.05, 0.1) is 0 Å². The van der Waals surface area contributed by atoms with Crippen LogP contribution in [0.4, 0.5) is 0 Å². The molecule has 0 bridgehead atoms. The highest BCUT2D eigenvalue weighted by Gasteiger charge is 1.98. The van der Waals surface area contributed by atoms with Gasteiger partial charge in [-0.1, -0.05) is 57.6 Å². The van der Waals surface area contributed by atoms with Gasteiger partial charge in [-0.3, -0.25) is 0 Å². The molecule has 100 valence electrons. The zero-order chi connectivity index (χ0) is 14.0. The highest BCUT2D eigenvalue weighted by atomic mass is 16.3. The molecule has 1 rings (SSSR count). The summed E-state index contributed by atoms with van der Waals surface area (Å²) in [6.45, 7) is 10.4. The van der Waals surface area contributed by atoms with Crippen LogP contribution in [-0.4, -0.2) is 5.11 Å². The summed E-state index contributed by atoms with van der Waals surface area (Å²) in [7, 11) is 0. The van der Waals surface area contributed by atoms with Crippen LogP contribution in [0.5, 0.6) is 5.75 Å². The molecule has 0 aromatic heterocycles. The van der Waals surface area contributed by atoms with E-state index in [1.54, 1.807) is 12.1 Å². The van der Waals surface area contributed by atoms with Crippen LogP contribution in [0.2, 0.25) is 0 Å². The minimum atomic E-state index is 0.319. The lowest BCUT2D eigenvalue weighted by Crippen LogP contribution is -1.82. The minimum absolute atomic E-state index is 0.319. The predicted molar refractivity (Wildman–Crippen MR) is 81.8 cm³/mol. The number of hydrogen-bond acceptors (Lipinski definition) is 1. The normalized spacial score (nSPS) is 11.8. The van der Waals surface area contributed by atoms with Gasteiger partial charge in [-0.25, -0.2) is 0 Å². The van der Waals surface area contributed by atoms with Crippen molar-refractivity contribution in [2.45, 2.75) is 47.5 Å². The minimum Gasteiger partial charge on any atom is -0.508 e. The Kier molecular flexibility index (Phi) is 8.73. The molecule has 1 heteroatoms. The van der Waals surface area contributed by atoms with Gasteiger partial charge in [0.2, 0.25) is 0 Å². The van der Waals surface area contributed by atoms with Gasteiger partial charge < -0.3 is 5.11 Å². The fourth-order valence-electron chi connectivity index (χ4n) is 1.45. The molecule has 18 heavy (non-hydrogen) atoms. The fourth-order valence-corrected chi connectivity index (χ4v) is 1.45. The third kappa shape index (κ3) is 5.72. The first kappa shape index (κ1) is 16.5. The molecule has 1 aromatic rings.